The van der Waals surface area contributed by atoms with Crippen LogP contribution in [0.15, 0.2) is 65.8 Å². The van der Waals surface area contributed by atoms with E-state index in [1.54, 1.807) is 13.2 Å². The standard InChI is InChI=1S/C32H38N6O5/c1-22(2)23-5-4-6-25(17-23)36-31-26-18-28(41-3)29(19-27(26)34-21-35-31)43-16-15-42-14-13-37-9-11-38(12-10-37)32(40)24-7-8-30(39)33-20-24/h4-8,17-22H,9-16H2,1-3H3,(H,33,39)(H,34,35,36). The number of hydrogen-bond donors (Lipinski definition) is 2. The average Bonchev–Trinajstić information content (AvgIpc) is 3.03. The van der Waals surface area contributed by atoms with Crippen molar-refractivity contribution in [3.63, 3.8) is 0 Å². The summed E-state index contributed by atoms with van der Waals surface area (Å²) < 4.78 is 17.5. The van der Waals surface area contributed by atoms with Gasteiger partial charge in [-0.1, -0.05) is 26.0 Å². The second-order valence-corrected chi connectivity index (χ2v) is 10.7. The zero-order valence-electron chi connectivity index (χ0n) is 24.8. The second kappa shape index (κ2) is 14.1. The van der Waals surface area contributed by atoms with Crippen LogP contribution >= 0.6 is 0 Å². The highest BCUT2D eigenvalue weighted by Crippen LogP contribution is 2.35. The van der Waals surface area contributed by atoms with Crippen LogP contribution in [-0.4, -0.2) is 90.3 Å². The molecule has 2 aromatic heterocycles. The van der Waals surface area contributed by atoms with Gasteiger partial charge in [0.1, 0.15) is 18.8 Å². The number of nitrogens with one attached hydrogen (secondary N) is 2. The predicted molar refractivity (Wildman–Crippen MR) is 166 cm³/mol. The van der Waals surface area contributed by atoms with Crippen molar-refractivity contribution in [1.82, 2.24) is 24.8 Å². The first-order valence-electron chi connectivity index (χ1n) is 14.5. The average molecular weight is 587 g/mol. The summed E-state index contributed by atoms with van der Waals surface area (Å²) in [7, 11) is 1.61. The highest BCUT2D eigenvalue weighted by Gasteiger charge is 2.22. The van der Waals surface area contributed by atoms with E-state index in [-0.39, 0.29) is 11.5 Å². The molecular formula is C32H38N6O5. The van der Waals surface area contributed by atoms with Gasteiger partial charge in [0, 0.05) is 62.1 Å². The maximum absolute atomic E-state index is 12.6. The predicted octanol–water partition coefficient (Wildman–Crippen LogP) is 4.05. The van der Waals surface area contributed by atoms with E-state index in [4.69, 9.17) is 14.2 Å². The zero-order chi connectivity index (χ0) is 30.2. The minimum Gasteiger partial charge on any atom is -0.493 e. The number of ether oxygens (including phenoxy) is 3. The van der Waals surface area contributed by atoms with Gasteiger partial charge in [-0.05, 0) is 35.7 Å². The van der Waals surface area contributed by atoms with Gasteiger partial charge in [0.25, 0.3) is 5.91 Å². The molecule has 11 heteroatoms. The Kier molecular flexibility index (Phi) is 9.85. The number of hydrogen-bond acceptors (Lipinski definition) is 9. The van der Waals surface area contributed by atoms with Crippen molar-refractivity contribution in [2.45, 2.75) is 19.8 Å². The van der Waals surface area contributed by atoms with Crippen LogP contribution in [0.25, 0.3) is 10.9 Å². The zero-order valence-corrected chi connectivity index (χ0v) is 24.8. The molecule has 0 bridgehead atoms. The Morgan fingerprint density at radius 3 is 2.58 bits per heavy atom. The quantitative estimate of drug-likeness (QED) is 0.237. The number of anilines is 2. The van der Waals surface area contributed by atoms with E-state index < -0.39 is 0 Å². The number of fused-ring (bicyclic) bond motifs is 1. The lowest BCUT2D eigenvalue weighted by Crippen LogP contribution is -2.49. The Bertz CT molecular complexity index is 1580. The summed E-state index contributed by atoms with van der Waals surface area (Å²) in [5, 5.41) is 4.25. The molecule has 1 aliphatic heterocycles. The van der Waals surface area contributed by atoms with Crippen molar-refractivity contribution in [3.8, 4) is 11.5 Å². The molecule has 0 radical (unpaired) electrons. The number of aromatic nitrogens is 3. The normalized spacial score (nSPS) is 13.8. The third-order valence-electron chi connectivity index (χ3n) is 7.46. The molecule has 0 aliphatic carbocycles. The Labute approximate surface area is 250 Å². The van der Waals surface area contributed by atoms with E-state index in [2.05, 4.69) is 51.1 Å². The fourth-order valence-electron chi connectivity index (χ4n) is 4.96. The van der Waals surface area contributed by atoms with E-state index in [9.17, 15) is 9.59 Å². The number of methoxy groups -OCH3 is 1. The molecule has 0 unspecified atom stereocenters. The van der Waals surface area contributed by atoms with Crippen molar-refractivity contribution in [2.75, 3.05) is 65.0 Å². The number of carbonyl (C=O) groups excluding carboxylic acids is 1. The lowest BCUT2D eigenvalue weighted by Gasteiger charge is -2.34. The van der Waals surface area contributed by atoms with E-state index in [1.165, 1.54) is 24.2 Å². The highest BCUT2D eigenvalue weighted by molar-refractivity contribution is 5.94. The molecule has 2 N–H and O–H groups in total. The summed E-state index contributed by atoms with van der Waals surface area (Å²) >= 11 is 0. The molecule has 1 aliphatic rings. The Balaban J connectivity index is 1.08. The number of aromatic amines is 1. The Morgan fingerprint density at radius 1 is 1.00 bits per heavy atom. The summed E-state index contributed by atoms with van der Waals surface area (Å²) in [4.78, 5) is 39.4. The van der Waals surface area contributed by atoms with Crippen LogP contribution < -0.4 is 20.3 Å². The molecule has 1 saturated heterocycles. The van der Waals surface area contributed by atoms with Crippen LogP contribution in [0.4, 0.5) is 11.5 Å². The van der Waals surface area contributed by atoms with Crippen molar-refractivity contribution < 1.29 is 19.0 Å². The number of carbonyl (C=O) groups is 1. The maximum atomic E-state index is 12.6. The van der Waals surface area contributed by atoms with Crippen LogP contribution in [0.5, 0.6) is 11.5 Å². The summed E-state index contributed by atoms with van der Waals surface area (Å²) in [6, 6.07) is 15.0. The largest absolute Gasteiger partial charge is 0.493 e. The molecule has 0 atom stereocenters. The lowest BCUT2D eigenvalue weighted by atomic mass is 10.0. The minimum atomic E-state index is -0.219. The van der Waals surface area contributed by atoms with Gasteiger partial charge >= 0.3 is 0 Å². The van der Waals surface area contributed by atoms with Crippen molar-refractivity contribution >= 4 is 28.3 Å². The van der Waals surface area contributed by atoms with Crippen LogP contribution in [0.3, 0.4) is 0 Å². The van der Waals surface area contributed by atoms with E-state index in [0.717, 1.165) is 36.2 Å². The van der Waals surface area contributed by atoms with Crippen molar-refractivity contribution in [3.05, 3.63) is 82.5 Å². The summed E-state index contributed by atoms with van der Waals surface area (Å²) in [5.41, 5.74) is 3.23. The van der Waals surface area contributed by atoms with Gasteiger partial charge in [0.2, 0.25) is 5.56 Å². The maximum Gasteiger partial charge on any atom is 0.255 e. The van der Waals surface area contributed by atoms with Gasteiger partial charge in [-0.15, -0.1) is 0 Å². The Hall–Kier alpha value is -4.48. The topological polar surface area (TPSA) is 122 Å². The molecule has 1 amide bonds. The first kappa shape index (κ1) is 30.0. The van der Waals surface area contributed by atoms with Crippen LogP contribution in [0.1, 0.15) is 35.7 Å². The van der Waals surface area contributed by atoms with E-state index >= 15 is 0 Å². The van der Waals surface area contributed by atoms with Crippen LogP contribution in [0, 0.1) is 0 Å². The molecule has 0 saturated carbocycles. The first-order valence-corrected chi connectivity index (χ1v) is 14.5. The number of pyridine rings is 1. The number of nitrogens with zero attached hydrogens (tertiary/aromatic N) is 4. The molecule has 3 heterocycles. The van der Waals surface area contributed by atoms with Gasteiger partial charge in [-0.2, -0.15) is 0 Å². The van der Waals surface area contributed by atoms with Gasteiger partial charge in [-0.3, -0.25) is 14.5 Å². The van der Waals surface area contributed by atoms with Gasteiger partial charge in [-0.25, -0.2) is 9.97 Å². The van der Waals surface area contributed by atoms with Crippen LogP contribution in [-0.2, 0) is 4.74 Å². The molecule has 11 nitrogen and oxygen atoms in total. The molecule has 226 valence electrons. The monoisotopic (exact) mass is 586 g/mol. The van der Waals surface area contributed by atoms with Gasteiger partial charge < -0.3 is 29.4 Å². The third kappa shape index (κ3) is 7.68. The highest BCUT2D eigenvalue weighted by atomic mass is 16.5. The van der Waals surface area contributed by atoms with Crippen LogP contribution in [0.2, 0.25) is 0 Å². The number of benzene rings is 2. The van der Waals surface area contributed by atoms with Crippen molar-refractivity contribution in [2.24, 2.45) is 0 Å². The molecular weight excluding hydrogens is 548 g/mol. The molecule has 4 aromatic rings. The summed E-state index contributed by atoms with van der Waals surface area (Å²) in [6.45, 7) is 9.26. The number of amides is 1. The number of piperazine rings is 1. The van der Waals surface area contributed by atoms with E-state index in [1.807, 2.05) is 29.2 Å². The summed E-state index contributed by atoms with van der Waals surface area (Å²) in [6.07, 6.45) is 3.01. The molecule has 5 rings (SSSR count). The number of H-pyrrole nitrogens is 1. The second-order valence-electron chi connectivity index (χ2n) is 10.7. The van der Waals surface area contributed by atoms with E-state index in [0.29, 0.717) is 61.7 Å². The lowest BCUT2D eigenvalue weighted by molar-refractivity contribution is 0.0504. The van der Waals surface area contributed by atoms with Gasteiger partial charge in [0.05, 0.1) is 31.4 Å². The fraction of sp³-hybridized carbons (Fsp3) is 0.375. The number of rotatable bonds is 12. The molecule has 1 fully saturated rings. The first-order chi connectivity index (χ1) is 20.9. The summed E-state index contributed by atoms with van der Waals surface area (Å²) in [5.74, 6) is 2.24. The molecule has 43 heavy (non-hydrogen) atoms. The smallest absolute Gasteiger partial charge is 0.255 e. The fourth-order valence-corrected chi connectivity index (χ4v) is 4.96. The molecule has 2 aromatic carbocycles. The Morgan fingerprint density at radius 2 is 1.84 bits per heavy atom. The van der Waals surface area contributed by atoms with Crippen molar-refractivity contribution in [1.29, 1.82) is 0 Å². The van der Waals surface area contributed by atoms with Gasteiger partial charge in [0.15, 0.2) is 11.5 Å². The molecule has 0 spiro atoms. The minimum absolute atomic E-state index is 0.0659. The SMILES string of the molecule is COc1cc2c(Nc3cccc(C(C)C)c3)ncnc2cc1OCCOCCN1CCN(C(=O)c2ccc(=O)[nH]c2)CC1. The third-order valence-corrected chi connectivity index (χ3v) is 7.46.